The van der Waals surface area contributed by atoms with Crippen LogP contribution < -0.4 is 10.6 Å². The molecule has 0 aliphatic heterocycles. The van der Waals surface area contributed by atoms with Crippen molar-refractivity contribution in [1.29, 1.82) is 0 Å². The van der Waals surface area contributed by atoms with Gasteiger partial charge in [-0.1, -0.05) is 0 Å². The van der Waals surface area contributed by atoms with Crippen molar-refractivity contribution in [3.05, 3.63) is 0 Å². The van der Waals surface area contributed by atoms with Crippen LogP contribution in [0.3, 0.4) is 0 Å². The van der Waals surface area contributed by atoms with Crippen molar-refractivity contribution in [2.45, 2.75) is 59.0 Å². The second-order valence-corrected chi connectivity index (χ2v) is 6.12. The van der Waals surface area contributed by atoms with E-state index in [1.807, 2.05) is 41.5 Å². The topological polar surface area (TPSA) is 58.2 Å². The van der Waals surface area contributed by atoms with Crippen molar-refractivity contribution < 1.29 is 9.59 Å². The Morgan fingerprint density at radius 2 is 1.44 bits per heavy atom. The minimum Gasteiger partial charge on any atom is -0.351 e. The zero-order valence-electron chi connectivity index (χ0n) is 11.2. The standard InChI is InChI=1S/C12H24N2O2/c1-11(2,3)13-8-9(15)7-10(16)14-12(4,5)6/h13H,7-8H2,1-6H3,(H,14,16). The molecule has 2 N–H and O–H groups in total. The zero-order valence-corrected chi connectivity index (χ0v) is 11.2. The molecule has 0 aliphatic rings. The van der Waals surface area contributed by atoms with E-state index in [-0.39, 0.29) is 35.7 Å². The van der Waals surface area contributed by atoms with Crippen LogP contribution in [0.2, 0.25) is 0 Å². The van der Waals surface area contributed by atoms with Gasteiger partial charge in [0.05, 0.1) is 13.0 Å². The molecule has 0 aromatic rings. The molecule has 0 aromatic carbocycles. The molecule has 94 valence electrons. The maximum absolute atomic E-state index is 11.5. The van der Waals surface area contributed by atoms with E-state index in [0.717, 1.165) is 0 Å². The highest BCUT2D eigenvalue weighted by Crippen LogP contribution is 2.00. The molecule has 0 unspecified atom stereocenters. The summed E-state index contributed by atoms with van der Waals surface area (Å²) < 4.78 is 0. The summed E-state index contributed by atoms with van der Waals surface area (Å²) in [7, 11) is 0. The van der Waals surface area contributed by atoms with Crippen molar-refractivity contribution in [3.8, 4) is 0 Å². The van der Waals surface area contributed by atoms with E-state index in [1.54, 1.807) is 0 Å². The van der Waals surface area contributed by atoms with Gasteiger partial charge in [0, 0.05) is 11.1 Å². The summed E-state index contributed by atoms with van der Waals surface area (Å²) >= 11 is 0. The van der Waals surface area contributed by atoms with Crippen LogP contribution in [0.4, 0.5) is 0 Å². The van der Waals surface area contributed by atoms with E-state index < -0.39 is 0 Å². The van der Waals surface area contributed by atoms with Crippen molar-refractivity contribution in [2.24, 2.45) is 0 Å². The first-order chi connectivity index (χ1) is 6.99. The third-order valence-corrected chi connectivity index (χ3v) is 1.69. The zero-order chi connectivity index (χ0) is 13.0. The van der Waals surface area contributed by atoms with E-state index >= 15 is 0 Å². The van der Waals surface area contributed by atoms with Crippen LogP contribution in [0.5, 0.6) is 0 Å². The Morgan fingerprint density at radius 1 is 0.938 bits per heavy atom. The van der Waals surface area contributed by atoms with E-state index in [4.69, 9.17) is 0 Å². The van der Waals surface area contributed by atoms with Gasteiger partial charge in [-0.15, -0.1) is 0 Å². The fraction of sp³-hybridized carbons (Fsp3) is 0.833. The molecule has 16 heavy (non-hydrogen) atoms. The summed E-state index contributed by atoms with van der Waals surface area (Å²) in [6.45, 7) is 11.9. The molecule has 0 atom stereocenters. The van der Waals surface area contributed by atoms with Crippen molar-refractivity contribution in [2.75, 3.05) is 6.54 Å². The Labute approximate surface area is 98.2 Å². The van der Waals surface area contributed by atoms with Gasteiger partial charge in [-0.05, 0) is 41.5 Å². The number of nitrogens with one attached hydrogen (secondary N) is 2. The third-order valence-electron chi connectivity index (χ3n) is 1.69. The second kappa shape index (κ2) is 5.43. The van der Waals surface area contributed by atoms with Crippen LogP contribution in [0.1, 0.15) is 48.0 Å². The SMILES string of the molecule is CC(C)(C)NCC(=O)CC(=O)NC(C)(C)C. The number of rotatable bonds is 4. The van der Waals surface area contributed by atoms with Gasteiger partial charge >= 0.3 is 0 Å². The monoisotopic (exact) mass is 228 g/mol. The van der Waals surface area contributed by atoms with E-state index in [9.17, 15) is 9.59 Å². The average Bonchev–Trinajstić information content (AvgIpc) is 1.95. The highest BCUT2D eigenvalue weighted by atomic mass is 16.2. The molecule has 1 amide bonds. The number of amides is 1. The molecule has 0 heterocycles. The molecule has 0 aliphatic carbocycles. The minimum absolute atomic E-state index is 0.0552. The lowest BCUT2D eigenvalue weighted by molar-refractivity contribution is -0.128. The first-order valence-corrected chi connectivity index (χ1v) is 5.57. The molecular formula is C12H24N2O2. The number of Topliss-reactive ketones (excluding diaryl/α,β-unsaturated/α-hetero) is 1. The maximum Gasteiger partial charge on any atom is 0.227 e. The Morgan fingerprint density at radius 3 is 1.81 bits per heavy atom. The van der Waals surface area contributed by atoms with E-state index in [1.165, 1.54) is 0 Å². The van der Waals surface area contributed by atoms with Gasteiger partial charge in [0.25, 0.3) is 0 Å². The highest BCUT2D eigenvalue weighted by molar-refractivity contribution is 5.99. The lowest BCUT2D eigenvalue weighted by Gasteiger charge is -2.21. The molecule has 0 rings (SSSR count). The molecule has 4 nitrogen and oxygen atoms in total. The number of hydrogen-bond acceptors (Lipinski definition) is 3. The van der Waals surface area contributed by atoms with Gasteiger partial charge in [-0.25, -0.2) is 0 Å². The van der Waals surface area contributed by atoms with Gasteiger partial charge < -0.3 is 10.6 Å². The van der Waals surface area contributed by atoms with Gasteiger partial charge in [0.2, 0.25) is 5.91 Å². The third kappa shape index (κ3) is 9.65. The summed E-state index contributed by atoms with van der Waals surface area (Å²) in [4.78, 5) is 22.9. The van der Waals surface area contributed by atoms with Gasteiger partial charge in [-0.2, -0.15) is 0 Å². The molecule has 0 fully saturated rings. The Balaban J connectivity index is 3.93. The maximum atomic E-state index is 11.5. The van der Waals surface area contributed by atoms with Crippen LogP contribution in [0.25, 0.3) is 0 Å². The van der Waals surface area contributed by atoms with Crippen LogP contribution in [-0.4, -0.2) is 29.3 Å². The average molecular weight is 228 g/mol. The van der Waals surface area contributed by atoms with Gasteiger partial charge in [0.1, 0.15) is 0 Å². The Hall–Kier alpha value is -0.900. The highest BCUT2D eigenvalue weighted by Gasteiger charge is 2.17. The summed E-state index contributed by atoms with van der Waals surface area (Å²) in [5, 5.41) is 5.82. The lowest BCUT2D eigenvalue weighted by atomic mass is 10.1. The molecule has 0 radical (unpaired) electrons. The molecule has 0 bridgehead atoms. The first-order valence-electron chi connectivity index (χ1n) is 5.57. The van der Waals surface area contributed by atoms with Crippen LogP contribution in [-0.2, 0) is 9.59 Å². The predicted octanol–water partition coefficient (Wildman–Crippen LogP) is 1.25. The van der Waals surface area contributed by atoms with Crippen molar-refractivity contribution in [1.82, 2.24) is 10.6 Å². The fourth-order valence-corrected chi connectivity index (χ4v) is 1.07. The number of hydrogen-bond donors (Lipinski definition) is 2. The Bertz CT molecular complexity index is 259. The summed E-state index contributed by atoms with van der Waals surface area (Å²) in [5.41, 5.74) is -0.384. The van der Waals surface area contributed by atoms with Crippen molar-refractivity contribution in [3.63, 3.8) is 0 Å². The van der Waals surface area contributed by atoms with Crippen molar-refractivity contribution >= 4 is 11.7 Å². The number of carbonyl (C=O) groups is 2. The molecular weight excluding hydrogens is 204 g/mol. The quantitative estimate of drug-likeness (QED) is 0.712. The van der Waals surface area contributed by atoms with E-state index in [0.29, 0.717) is 0 Å². The summed E-state index contributed by atoms with van der Waals surface area (Å²) in [5.74, 6) is -0.301. The number of carbonyl (C=O) groups excluding carboxylic acids is 2. The fourth-order valence-electron chi connectivity index (χ4n) is 1.07. The van der Waals surface area contributed by atoms with E-state index in [2.05, 4.69) is 10.6 Å². The molecule has 4 heteroatoms. The van der Waals surface area contributed by atoms with Crippen LogP contribution in [0.15, 0.2) is 0 Å². The summed E-state index contributed by atoms with van der Waals surface area (Å²) in [6, 6.07) is 0. The summed E-state index contributed by atoms with van der Waals surface area (Å²) in [6.07, 6.45) is -0.0552. The number of ketones is 1. The van der Waals surface area contributed by atoms with Crippen LogP contribution in [0, 0.1) is 0 Å². The second-order valence-electron chi connectivity index (χ2n) is 6.12. The first kappa shape index (κ1) is 15.1. The normalized spacial score (nSPS) is 12.4. The molecule has 0 spiro atoms. The van der Waals surface area contributed by atoms with Crippen LogP contribution >= 0.6 is 0 Å². The predicted molar refractivity (Wildman–Crippen MR) is 65.3 cm³/mol. The largest absolute Gasteiger partial charge is 0.351 e. The minimum atomic E-state index is -0.283. The smallest absolute Gasteiger partial charge is 0.227 e. The molecule has 0 saturated carbocycles. The molecule has 0 aromatic heterocycles. The van der Waals surface area contributed by atoms with Gasteiger partial charge in [0.15, 0.2) is 5.78 Å². The lowest BCUT2D eigenvalue weighted by Crippen LogP contribution is -2.44. The Kier molecular flexibility index (Phi) is 5.13. The van der Waals surface area contributed by atoms with Gasteiger partial charge in [-0.3, -0.25) is 9.59 Å². The molecule has 0 saturated heterocycles.